The van der Waals surface area contributed by atoms with Gasteiger partial charge < -0.3 is 10.1 Å². The number of amides is 1. The Balaban J connectivity index is 2.06. The highest BCUT2D eigenvalue weighted by Gasteiger charge is 2.10. The number of nitrogens with one attached hydrogen (secondary N) is 1. The van der Waals surface area contributed by atoms with E-state index in [0.717, 1.165) is 5.56 Å². The minimum absolute atomic E-state index is 0.188. The average molecular weight is 345 g/mol. The molecule has 0 radical (unpaired) electrons. The molecule has 4 nitrogen and oxygen atoms in total. The SMILES string of the molecule is COc1ccc(C(=O)NCc2cccc(C#N)c2)c(Br)c1. The van der Waals surface area contributed by atoms with Gasteiger partial charge in [-0.05, 0) is 51.8 Å². The number of hydrogen-bond acceptors (Lipinski definition) is 3. The van der Waals surface area contributed by atoms with Gasteiger partial charge in [-0.2, -0.15) is 5.26 Å². The van der Waals surface area contributed by atoms with Crippen LogP contribution in [0.1, 0.15) is 21.5 Å². The maximum atomic E-state index is 12.1. The van der Waals surface area contributed by atoms with Crippen LogP contribution in [0.15, 0.2) is 46.9 Å². The zero-order chi connectivity index (χ0) is 15.2. The zero-order valence-corrected chi connectivity index (χ0v) is 13.0. The number of nitrogens with zero attached hydrogens (tertiary/aromatic N) is 1. The Morgan fingerprint density at radius 1 is 1.33 bits per heavy atom. The first-order valence-electron chi connectivity index (χ1n) is 6.25. The summed E-state index contributed by atoms with van der Waals surface area (Å²) < 4.78 is 5.76. The van der Waals surface area contributed by atoms with Crippen molar-refractivity contribution >= 4 is 21.8 Å². The Bertz CT molecular complexity index is 708. The molecule has 21 heavy (non-hydrogen) atoms. The maximum Gasteiger partial charge on any atom is 0.252 e. The molecule has 1 amide bonds. The van der Waals surface area contributed by atoms with Crippen LogP contribution in [0.5, 0.6) is 5.75 Å². The average Bonchev–Trinajstić information content (AvgIpc) is 2.52. The fourth-order valence-corrected chi connectivity index (χ4v) is 2.37. The number of nitriles is 1. The Kier molecular flexibility index (Phi) is 4.96. The number of hydrogen-bond donors (Lipinski definition) is 1. The molecular formula is C16H13BrN2O2. The quantitative estimate of drug-likeness (QED) is 0.925. The molecule has 0 saturated heterocycles. The second-order valence-electron chi connectivity index (χ2n) is 4.34. The van der Waals surface area contributed by atoms with Crippen molar-refractivity contribution in [2.45, 2.75) is 6.54 Å². The van der Waals surface area contributed by atoms with Gasteiger partial charge in [0, 0.05) is 11.0 Å². The molecule has 0 heterocycles. The molecule has 0 aliphatic rings. The molecule has 2 aromatic rings. The minimum atomic E-state index is -0.188. The summed E-state index contributed by atoms with van der Waals surface area (Å²) >= 11 is 3.35. The second-order valence-corrected chi connectivity index (χ2v) is 5.19. The Hall–Kier alpha value is -2.32. The fraction of sp³-hybridized carbons (Fsp3) is 0.125. The van der Waals surface area contributed by atoms with E-state index >= 15 is 0 Å². The van der Waals surface area contributed by atoms with Crippen LogP contribution in [0.4, 0.5) is 0 Å². The van der Waals surface area contributed by atoms with Crippen molar-refractivity contribution < 1.29 is 9.53 Å². The fourth-order valence-electron chi connectivity index (χ4n) is 1.84. The molecule has 0 fully saturated rings. The zero-order valence-electron chi connectivity index (χ0n) is 11.4. The summed E-state index contributed by atoms with van der Waals surface area (Å²) in [5.41, 5.74) is 1.99. The topological polar surface area (TPSA) is 62.1 Å². The first-order valence-corrected chi connectivity index (χ1v) is 7.04. The first-order chi connectivity index (χ1) is 10.1. The van der Waals surface area contributed by atoms with E-state index in [9.17, 15) is 4.79 Å². The summed E-state index contributed by atoms with van der Waals surface area (Å²) in [5.74, 6) is 0.493. The van der Waals surface area contributed by atoms with Gasteiger partial charge in [0.15, 0.2) is 0 Å². The van der Waals surface area contributed by atoms with Crippen molar-refractivity contribution in [3.8, 4) is 11.8 Å². The number of methoxy groups -OCH3 is 1. The Morgan fingerprint density at radius 3 is 2.81 bits per heavy atom. The maximum absolute atomic E-state index is 12.1. The molecule has 0 aromatic heterocycles. The van der Waals surface area contributed by atoms with Crippen LogP contribution < -0.4 is 10.1 Å². The number of benzene rings is 2. The van der Waals surface area contributed by atoms with Gasteiger partial charge in [-0.3, -0.25) is 4.79 Å². The van der Waals surface area contributed by atoms with Gasteiger partial charge in [-0.15, -0.1) is 0 Å². The standard InChI is InChI=1S/C16H13BrN2O2/c1-21-13-5-6-14(15(17)8-13)16(20)19-10-12-4-2-3-11(7-12)9-18/h2-8H,10H2,1H3,(H,19,20). The summed E-state index contributed by atoms with van der Waals surface area (Å²) in [4.78, 5) is 12.1. The van der Waals surface area contributed by atoms with Gasteiger partial charge in [0.2, 0.25) is 0 Å². The highest BCUT2D eigenvalue weighted by atomic mass is 79.9. The summed E-state index contributed by atoms with van der Waals surface area (Å²) in [6, 6.07) is 14.4. The van der Waals surface area contributed by atoms with Crippen LogP contribution in [0.25, 0.3) is 0 Å². The molecule has 0 bridgehead atoms. The van der Waals surface area contributed by atoms with Crippen molar-refractivity contribution in [1.82, 2.24) is 5.32 Å². The van der Waals surface area contributed by atoms with Gasteiger partial charge in [-0.25, -0.2) is 0 Å². The molecule has 0 spiro atoms. The molecule has 2 aromatic carbocycles. The lowest BCUT2D eigenvalue weighted by molar-refractivity contribution is 0.0950. The molecule has 106 valence electrons. The Labute approximate surface area is 131 Å². The van der Waals surface area contributed by atoms with Crippen LogP contribution in [0.3, 0.4) is 0 Å². The molecule has 0 aliphatic carbocycles. The largest absolute Gasteiger partial charge is 0.497 e. The van der Waals surface area contributed by atoms with E-state index in [1.54, 1.807) is 43.5 Å². The van der Waals surface area contributed by atoms with Crippen LogP contribution >= 0.6 is 15.9 Å². The monoisotopic (exact) mass is 344 g/mol. The third kappa shape index (κ3) is 3.83. The third-order valence-electron chi connectivity index (χ3n) is 2.93. The molecule has 2 rings (SSSR count). The van der Waals surface area contributed by atoms with Crippen molar-refractivity contribution in [2.75, 3.05) is 7.11 Å². The lowest BCUT2D eigenvalue weighted by atomic mass is 10.1. The first kappa shape index (κ1) is 15.1. The van der Waals surface area contributed by atoms with Crippen LogP contribution in [0.2, 0.25) is 0 Å². The highest BCUT2D eigenvalue weighted by molar-refractivity contribution is 9.10. The minimum Gasteiger partial charge on any atom is -0.497 e. The lowest BCUT2D eigenvalue weighted by Gasteiger charge is -2.08. The summed E-state index contributed by atoms with van der Waals surface area (Å²) in [5, 5.41) is 11.7. The van der Waals surface area contributed by atoms with Crippen LogP contribution in [0, 0.1) is 11.3 Å². The molecule has 1 N–H and O–H groups in total. The molecular weight excluding hydrogens is 332 g/mol. The van der Waals surface area contributed by atoms with E-state index in [4.69, 9.17) is 10.00 Å². The third-order valence-corrected chi connectivity index (χ3v) is 3.59. The van der Waals surface area contributed by atoms with Gasteiger partial charge in [0.25, 0.3) is 5.91 Å². The summed E-state index contributed by atoms with van der Waals surface area (Å²) in [6.07, 6.45) is 0. The lowest BCUT2D eigenvalue weighted by Crippen LogP contribution is -2.23. The molecule has 0 atom stereocenters. The number of halogens is 1. The summed E-state index contributed by atoms with van der Waals surface area (Å²) in [7, 11) is 1.57. The molecule has 0 unspecified atom stereocenters. The Morgan fingerprint density at radius 2 is 2.14 bits per heavy atom. The van der Waals surface area contributed by atoms with Crippen LogP contribution in [-0.4, -0.2) is 13.0 Å². The van der Waals surface area contributed by atoms with E-state index < -0.39 is 0 Å². The van der Waals surface area contributed by atoms with Crippen molar-refractivity contribution in [1.29, 1.82) is 5.26 Å². The van der Waals surface area contributed by atoms with E-state index in [1.807, 2.05) is 6.07 Å². The van der Waals surface area contributed by atoms with E-state index in [1.165, 1.54) is 0 Å². The molecule has 0 saturated carbocycles. The van der Waals surface area contributed by atoms with Gasteiger partial charge in [0.1, 0.15) is 5.75 Å². The van der Waals surface area contributed by atoms with E-state index in [0.29, 0.717) is 27.9 Å². The van der Waals surface area contributed by atoms with E-state index in [2.05, 4.69) is 27.3 Å². The molecule has 0 aliphatic heterocycles. The van der Waals surface area contributed by atoms with Gasteiger partial charge in [0.05, 0.1) is 24.3 Å². The van der Waals surface area contributed by atoms with Gasteiger partial charge in [-0.1, -0.05) is 12.1 Å². The van der Waals surface area contributed by atoms with Crippen molar-refractivity contribution in [3.05, 3.63) is 63.6 Å². The number of carbonyl (C=O) groups excluding carboxylic acids is 1. The van der Waals surface area contributed by atoms with Crippen molar-refractivity contribution in [3.63, 3.8) is 0 Å². The second kappa shape index (κ2) is 6.91. The number of carbonyl (C=O) groups is 1. The van der Waals surface area contributed by atoms with Gasteiger partial charge >= 0.3 is 0 Å². The predicted octanol–water partition coefficient (Wildman–Crippen LogP) is 3.26. The number of ether oxygens (including phenoxy) is 1. The smallest absolute Gasteiger partial charge is 0.252 e. The van der Waals surface area contributed by atoms with Crippen molar-refractivity contribution in [2.24, 2.45) is 0 Å². The normalized spacial score (nSPS) is 9.76. The van der Waals surface area contributed by atoms with E-state index in [-0.39, 0.29) is 5.91 Å². The highest BCUT2D eigenvalue weighted by Crippen LogP contribution is 2.22. The van der Waals surface area contributed by atoms with Crippen LogP contribution in [-0.2, 0) is 6.54 Å². The molecule has 5 heteroatoms. The number of rotatable bonds is 4. The summed E-state index contributed by atoms with van der Waals surface area (Å²) in [6.45, 7) is 0.368. The predicted molar refractivity (Wildman–Crippen MR) is 83.0 cm³/mol.